The maximum atomic E-state index is 11.7. The molecule has 0 saturated heterocycles. The molecule has 86 valence electrons. The van der Waals surface area contributed by atoms with E-state index in [0.29, 0.717) is 23.5 Å². The van der Waals surface area contributed by atoms with E-state index >= 15 is 0 Å². The molecule has 1 aromatic rings. The second-order valence-corrected chi connectivity index (χ2v) is 4.93. The van der Waals surface area contributed by atoms with Crippen molar-refractivity contribution in [1.82, 2.24) is 5.32 Å². The Morgan fingerprint density at radius 3 is 2.75 bits per heavy atom. The fourth-order valence-electron chi connectivity index (χ4n) is 1.27. The molecule has 3 nitrogen and oxygen atoms in total. The topological polar surface area (TPSA) is 55.1 Å². The van der Waals surface area contributed by atoms with E-state index in [9.17, 15) is 4.79 Å². The van der Waals surface area contributed by atoms with Crippen molar-refractivity contribution in [3.05, 3.63) is 33.8 Å². The molecule has 0 saturated carbocycles. The molecule has 1 rings (SSSR count). The van der Waals surface area contributed by atoms with E-state index in [4.69, 9.17) is 18.0 Å². The lowest BCUT2D eigenvalue weighted by Crippen LogP contribution is -2.27. The van der Waals surface area contributed by atoms with Crippen LogP contribution < -0.4 is 11.1 Å². The number of amides is 1. The van der Waals surface area contributed by atoms with Gasteiger partial charge in [0.1, 0.15) is 0 Å². The molecule has 0 bridgehead atoms. The number of aryl methyl sites for hydroxylation is 1. The molecule has 3 N–H and O–H groups in total. The lowest BCUT2D eigenvalue weighted by molar-refractivity contribution is 0.0954. The van der Waals surface area contributed by atoms with Gasteiger partial charge in [0.25, 0.3) is 5.91 Å². The Morgan fingerprint density at radius 2 is 2.19 bits per heavy atom. The van der Waals surface area contributed by atoms with Crippen LogP contribution in [0.3, 0.4) is 0 Å². The predicted octanol–water partition coefficient (Wildman–Crippen LogP) is 2.16. The quantitative estimate of drug-likeness (QED) is 0.838. The molecule has 0 atom stereocenters. The van der Waals surface area contributed by atoms with Gasteiger partial charge in [-0.1, -0.05) is 28.1 Å². The van der Waals surface area contributed by atoms with Crippen LogP contribution in [0, 0.1) is 6.92 Å². The van der Waals surface area contributed by atoms with Gasteiger partial charge >= 0.3 is 0 Å². The SMILES string of the molecule is Cc1cc(Br)cc(C(=O)NCCC(N)=S)c1. The van der Waals surface area contributed by atoms with E-state index in [2.05, 4.69) is 21.2 Å². The van der Waals surface area contributed by atoms with Crippen molar-refractivity contribution >= 4 is 39.0 Å². The van der Waals surface area contributed by atoms with Crippen LogP contribution in [0.4, 0.5) is 0 Å². The van der Waals surface area contributed by atoms with Gasteiger partial charge < -0.3 is 11.1 Å². The second kappa shape index (κ2) is 5.96. The minimum Gasteiger partial charge on any atom is -0.393 e. The third-order valence-electron chi connectivity index (χ3n) is 1.96. The molecule has 16 heavy (non-hydrogen) atoms. The zero-order valence-electron chi connectivity index (χ0n) is 8.92. The summed E-state index contributed by atoms with van der Waals surface area (Å²) in [4.78, 5) is 12.1. The summed E-state index contributed by atoms with van der Waals surface area (Å²) in [7, 11) is 0. The van der Waals surface area contributed by atoms with Crippen molar-refractivity contribution < 1.29 is 4.79 Å². The summed E-state index contributed by atoms with van der Waals surface area (Å²) in [5.41, 5.74) is 7.01. The standard InChI is InChI=1S/C11H13BrN2OS/c1-7-4-8(6-9(12)5-7)11(15)14-3-2-10(13)16/h4-6H,2-3H2,1H3,(H2,13,16)(H,14,15). The molecule has 0 spiro atoms. The number of thiocarbonyl (C=S) groups is 1. The highest BCUT2D eigenvalue weighted by Gasteiger charge is 2.06. The number of hydrogen-bond acceptors (Lipinski definition) is 2. The summed E-state index contributed by atoms with van der Waals surface area (Å²) in [5.74, 6) is -0.111. The number of halogens is 1. The van der Waals surface area contributed by atoms with E-state index in [1.807, 2.05) is 19.1 Å². The number of hydrogen-bond donors (Lipinski definition) is 2. The zero-order chi connectivity index (χ0) is 12.1. The van der Waals surface area contributed by atoms with Gasteiger partial charge in [-0.15, -0.1) is 0 Å². The Hall–Kier alpha value is -0.940. The Morgan fingerprint density at radius 1 is 1.50 bits per heavy atom. The van der Waals surface area contributed by atoms with Crippen LogP contribution in [0.25, 0.3) is 0 Å². The summed E-state index contributed by atoms with van der Waals surface area (Å²) in [6, 6.07) is 5.57. The van der Waals surface area contributed by atoms with Gasteiger partial charge in [0.15, 0.2) is 0 Å². The maximum Gasteiger partial charge on any atom is 0.251 e. The molecule has 0 aliphatic heterocycles. The molecule has 0 aliphatic rings. The summed E-state index contributed by atoms with van der Waals surface area (Å²) in [6.07, 6.45) is 0.522. The first kappa shape index (κ1) is 13.1. The molecule has 5 heteroatoms. The van der Waals surface area contributed by atoms with Crippen molar-refractivity contribution in [2.24, 2.45) is 5.73 Å². The van der Waals surface area contributed by atoms with Gasteiger partial charge in [-0.2, -0.15) is 0 Å². The molecular formula is C11H13BrN2OS. The first-order valence-corrected chi connectivity index (χ1v) is 6.03. The van der Waals surface area contributed by atoms with E-state index in [0.717, 1.165) is 10.0 Å². The molecule has 1 aromatic carbocycles. The van der Waals surface area contributed by atoms with Gasteiger partial charge in [0, 0.05) is 23.0 Å². The minimum atomic E-state index is -0.111. The first-order chi connectivity index (χ1) is 7.49. The van der Waals surface area contributed by atoms with Crippen LogP contribution in [0.1, 0.15) is 22.3 Å². The summed E-state index contributed by atoms with van der Waals surface area (Å²) in [6.45, 7) is 2.41. The highest BCUT2D eigenvalue weighted by molar-refractivity contribution is 9.10. The molecule has 0 fully saturated rings. The van der Waals surface area contributed by atoms with Gasteiger partial charge in [0.05, 0.1) is 4.99 Å². The van der Waals surface area contributed by atoms with E-state index in [1.165, 1.54) is 0 Å². The highest BCUT2D eigenvalue weighted by Crippen LogP contribution is 2.15. The molecule has 0 aromatic heterocycles. The van der Waals surface area contributed by atoms with E-state index < -0.39 is 0 Å². The third kappa shape index (κ3) is 4.28. The van der Waals surface area contributed by atoms with Gasteiger partial charge in [-0.05, 0) is 30.7 Å². The number of nitrogens with two attached hydrogens (primary N) is 1. The lowest BCUT2D eigenvalue weighted by atomic mass is 10.1. The van der Waals surface area contributed by atoms with Crippen molar-refractivity contribution in [3.63, 3.8) is 0 Å². The Balaban J connectivity index is 2.62. The smallest absolute Gasteiger partial charge is 0.251 e. The fraction of sp³-hybridized carbons (Fsp3) is 0.273. The van der Waals surface area contributed by atoms with E-state index in [-0.39, 0.29) is 5.91 Å². The molecular weight excluding hydrogens is 288 g/mol. The van der Waals surface area contributed by atoms with Crippen molar-refractivity contribution in [2.45, 2.75) is 13.3 Å². The van der Waals surface area contributed by atoms with Crippen LogP contribution in [0.2, 0.25) is 0 Å². The van der Waals surface area contributed by atoms with Gasteiger partial charge in [-0.25, -0.2) is 0 Å². The van der Waals surface area contributed by atoms with Crippen LogP contribution >= 0.6 is 28.1 Å². The number of rotatable bonds is 4. The van der Waals surface area contributed by atoms with Crippen LogP contribution in [0.15, 0.2) is 22.7 Å². The number of carbonyl (C=O) groups is 1. The zero-order valence-corrected chi connectivity index (χ0v) is 11.3. The molecule has 0 radical (unpaired) electrons. The largest absolute Gasteiger partial charge is 0.393 e. The highest BCUT2D eigenvalue weighted by atomic mass is 79.9. The van der Waals surface area contributed by atoms with Crippen molar-refractivity contribution in [3.8, 4) is 0 Å². The third-order valence-corrected chi connectivity index (χ3v) is 2.62. The van der Waals surface area contributed by atoms with Gasteiger partial charge in [0.2, 0.25) is 0 Å². The normalized spacial score (nSPS) is 9.88. The summed E-state index contributed by atoms with van der Waals surface area (Å²) in [5, 5.41) is 2.76. The summed E-state index contributed by atoms with van der Waals surface area (Å²) >= 11 is 8.08. The van der Waals surface area contributed by atoms with Crippen LogP contribution in [0.5, 0.6) is 0 Å². The molecule has 1 amide bonds. The van der Waals surface area contributed by atoms with Crippen LogP contribution in [-0.4, -0.2) is 17.4 Å². The lowest BCUT2D eigenvalue weighted by Gasteiger charge is -2.06. The molecule has 0 unspecified atom stereocenters. The molecule has 0 heterocycles. The Labute approximate surface area is 109 Å². The average molecular weight is 301 g/mol. The minimum absolute atomic E-state index is 0.111. The predicted molar refractivity (Wildman–Crippen MR) is 72.6 cm³/mol. The molecule has 0 aliphatic carbocycles. The number of benzene rings is 1. The first-order valence-electron chi connectivity index (χ1n) is 4.83. The summed E-state index contributed by atoms with van der Waals surface area (Å²) < 4.78 is 0.895. The maximum absolute atomic E-state index is 11.7. The monoisotopic (exact) mass is 300 g/mol. The Kier molecular flexibility index (Phi) is 4.89. The van der Waals surface area contributed by atoms with Crippen LogP contribution in [-0.2, 0) is 0 Å². The van der Waals surface area contributed by atoms with Gasteiger partial charge in [-0.3, -0.25) is 4.79 Å². The second-order valence-electron chi connectivity index (χ2n) is 3.49. The number of carbonyl (C=O) groups excluding carboxylic acids is 1. The van der Waals surface area contributed by atoms with Crippen molar-refractivity contribution in [2.75, 3.05) is 6.54 Å². The number of nitrogens with one attached hydrogen (secondary N) is 1. The van der Waals surface area contributed by atoms with E-state index in [1.54, 1.807) is 6.07 Å². The average Bonchev–Trinajstić information content (AvgIpc) is 2.15. The van der Waals surface area contributed by atoms with Crippen molar-refractivity contribution in [1.29, 1.82) is 0 Å². The Bertz CT molecular complexity index is 400. The fourth-order valence-corrected chi connectivity index (χ4v) is 1.98.